The second-order valence-corrected chi connectivity index (χ2v) is 9.07. The summed E-state index contributed by atoms with van der Waals surface area (Å²) < 4.78 is 36.3. The number of rotatable bonds is 8. The summed E-state index contributed by atoms with van der Waals surface area (Å²) in [6, 6.07) is 12.2. The van der Waals surface area contributed by atoms with E-state index in [1.54, 1.807) is 6.07 Å². The van der Waals surface area contributed by atoms with Crippen LogP contribution >= 0.6 is 11.8 Å². The Labute approximate surface area is 183 Å². The van der Waals surface area contributed by atoms with Crippen LogP contribution in [0.4, 0.5) is 0 Å². The number of hydrogen-bond donors (Lipinski definition) is 1. The summed E-state index contributed by atoms with van der Waals surface area (Å²) >= 11 is 1.43. The van der Waals surface area contributed by atoms with Gasteiger partial charge in [0.05, 0.1) is 33.9 Å². The number of nitrogens with two attached hydrogens (primary N) is 1. The first kappa shape index (κ1) is 21.3. The zero-order chi connectivity index (χ0) is 22.0. The molecular weight excluding hydrogens is 438 g/mol. The number of para-hydroxylation sites is 1. The molecule has 0 fully saturated rings. The molecule has 2 N–H and O–H groups in total. The SMILES string of the molecule is CCOc1ccccc1-c1noc(CSc2nc3cc(S(N)(=O)=O)ccc3n2CC)n1. The molecule has 2 aromatic heterocycles. The van der Waals surface area contributed by atoms with Crippen LogP contribution in [-0.2, 0) is 22.3 Å². The van der Waals surface area contributed by atoms with Crippen LogP contribution in [0.25, 0.3) is 22.4 Å². The maximum atomic E-state index is 11.6. The number of ether oxygens (including phenoxy) is 1. The van der Waals surface area contributed by atoms with Gasteiger partial charge in [-0.1, -0.05) is 29.1 Å². The van der Waals surface area contributed by atoms with Gasteiger partial charge in [-0.2, -0.15) is 4.98 Å². The molecule has 11 heteroatoms. The van der Waals surface area contributed by atoms with E-state index in [1.807, 2.05) is 42.7 Å². The summed E-state index contributed by atoms with van der Waals surface area (Å²) in [6.45, 7) is 5.12. The van der Waals surface area contributed by atoms with Crippen LogP contribution in [0.5, 0.6) is 5.75 Å². The highest BCUT2D eigenvalue weighted by Crippen LogP contribution is 2.30. The second-order valence-electron chi connectivity index (χ2n) is 6.56. The van der Waals surface area contributed by atoms with Gasteiger partial charge in [-0.3, -0.25) is 0 Å². The molecule has 162 valence electrons. The highest BCUT2D eigenvalue weighted by Gasteiger charge is 2.17. The average Bonchev–Trinajstić information content (AvgIpc) is 3.35. The Morgan fingerprint density at radius 3 is 2.71 bits per heavy atom. The molecule has 2 aromatic carbocycles. The minimum Gasteiger partial charge on any atom is -0.493 e. The molecule has 4 aromatic rings. The molecule has 0 radical (unpaired) electrons. The fourth-order valence-electron chi connectivity index (χ4n) is 3.16. The van der Waals surface area contributed by atoms with Gasteiger partial charge in [0.2, 0.25) is 21.7 Å². The largest absolute Gasteiger partial charge is 0.493 e. The van der Waals surface area contributed by atoms with Crippen molar-refractivity contribution in [3.63, 3.8) is 0 Å². The first-order valence-electron chi connectivity index (χ1n) is 9.61. The van der Waals surface area contributed by atoms with Crippen molar-refractivity contribution in [1.29, 1.82) is 0 Å². The average molecular weight is 460 g/mol. The number of nitrogens with zero attached hydrogens (tertiary/aromatic N) is 4. The van der Waals surface area contributed by atoms with E-state index in [2.05, 4.69) is 15.1 Å². The van der Waals surface area contributed by atoms with Gasteiger partial charge in [0.1, 0.15) is 5.75 Å². The zero-order valence-corrected chi connectivity index (χ0v) is 18.6. The number of aryl methyl sites for hydroxylation is 1. The quantitative estimate of drug-likeness (QED) is 0.397. The van der Waals surface area contributed by atoms with E-state index >= 15 is 0 Å². The van der Waals surface area contributed by atoms with Crippen LogP contribution in [-0.4, -0.2) is 34.7 Å². The molecule has 0 atom stereocenters. The van der Waals surface area contributed by atoms with Crippen molar-refractivity contribution in [2.75, 3.05) is 6.61 Å². The topological polar surface area (TPSA) is 126 Å². The summed E-state index contributed by atoms with van der Waals surface area (Å²) in [5.41, 5.74) is 2.16. The summed E-state index contributed by atoms with van der Waals surface area (Å²) in [5.74, 6) is 2.02. The first-order valence-corrected chi connectivity index (χ1v) is 12.1. The molecule has 0 saturated heterocycles. The minimum absolute atomic E-state index is 0.0341. The summed E-state index contributed by atoms with van der Waals surface area (Å²) in [5, 5.41) is 10.0. The summed E-state index contributed by atoms with van der Waals surface area (Å²) in [4.78, 5) is 9.09. The molecule has 0 aliphatic rings. The van der Waals surface area contributed by atoms with Crippen LogP contribution in [0.2, 0.25) is 0 Å². The molecule has 9 nitrogen and oxygen atoms in total. The Balaban J connectivity index is 1.57. The van der Waals surface area contributed by atoms with Crippen molar-refractivity contribution in [3.05, 3.63) is 48.4 Å². The number of benzene rings is 2. The van der Waals surface area contributed by atoms with Crippen molar-refractivity contribution in [2.45, 2.75) is 36.2 Å². The van der Waals surface area contributed by atoms with Crippen molar-refractivity contribution in [2.24, 2.45) is 5.14 Å². The van der Waals surface area contributed by atoms with Crippen LogP contribution < -0.4 is 9.88 Å². The van der Waals surface area contributed by atoms with Gasteiger partial charge in [-0.15, -0.1) is 0 Å². The lowest BCUT2D eigenvalue weighted by molar-refractivity contribution is 0.341. The lowest BCUT2D eigenvalue weighted by Gasteiger charge is -2.06. The molecule has 0 aliphatic carbocycles. The second kappa shape index (κ2) is 8.69. The number of thioether (sulfide) groups is 1. The number of imidazole rings is 1. The number of sulfonamides is 1. The molecule has 0 saturated carbocycles. The molecule has 0 amide bonds. The lowest BCUT2D eigenvalue weighted by Crippen LogP contribution is -2.11. The van der Waals surface area contributed by atoms with Gasteiger partial charge < -0.3 is 13.8 Å². The van der Waals surface area contributed by atoms with Gasteiger partial charge >= 0.3 is 0 Å². The van der Waals surface area contributed by atoms with Gasteiger partial charge in [-0.05, 0) is 44.2 Å². The highest BCUT2D eigenvalue weighted by molar-refractivity contribution is 7.98. The smallest absolute Gasteiger partial charge is 0.238 e. The van der Waals surface area contributed by atoms with Crippen molar-refractivity contribution in [1.82, 2.24) is 19.7 Å². The number of primary sulfonamides is 1. The van der Waals surface area contributed by atoms with Gasteiger partial charge in [0, 0.05) is 6.54 Å². The zero-order valence-electron chi connectivity index (χ0n) is 17.0. The van der Waals surface area contributed by atoms with E-state index in [1.165, 1.54) is 23.9 Å². The van der Waals surface area contributed by atoms with E-state index in [9.17, 15) is 8.42 Å². The lowest BCUT2D eigenvalue weighted by atomic mass is 10.2. The van der Waals surface area contributed by atoms with E-state index in [0.29, 0.717) is 41.9 Å². The molecule has 2 heterocycles. The minimum atomic E-state index is -3.79. The Morgan fingerprint density at radius 2 is 1.97 bits per heavy atom. The third-order valence-electron chi connectivity index (χ3n) is 4.55. The Morgan fingerprint density at radius 1 is 1.16 bits per heavy atom. The Hall–Kier alpha value is -2.89. The molecule has 0 unspecified atom stereocenters. The highest BCUT2D eigenvalue weighted by atomic mass is 32.2. The third kappa shape index (κ3) is 4.43. The molecule has 31 heavy (non-hydrogen) atoms. The maximum absolute atomic E-state index is 11.6. The molecular formula is C20H21N5O4S2. The first-order chi connectivity index (χ1) is 14.9. The molecule has 0 bridgehead atoms. The maximum Gasteiger partial charge on any atom is 0.238 e. The molecule has 0 aliphatic heterocycles. The summed E-state index contributed by atoms with van der Waals surface area (Å²) in [6.07, 6.45) is 0. The van der Waals surface area contributed by atoms with E-state index < -0.39 is 10.0 Å². The molecule has 4 rings (SSSR count). The molecule has 0 spiro atoms. The van der Waals surface area contributed by atoms with Crippen LogP contribution in [0.1, 0.15) is 19.7 Å². The fourth-order valence-corrected chi connectivity index (χ4v) is 4.61. The number of fused-ring (bicyclic) bond motifs is 1. The van der Waals surface area contributed by atoms with E-state index in [-0.39, 0.29) is 4.90 Å². The van der Waals surface area contributed by atoms with Crippen molar-refractivity contribution < 1.29 is 17.7 Å². The van der Waals surface area contributed by atoms with E-state index in [0.717, 1.165) is 16.2 Å². The monoisotopic (exact) mass is 459 g/mol. The van der Waals surface area contributed by atoms with Gasteiger partial charge in [0.15, 0.2) is 5.16 Å². The number of hydrogen-bond acceptors (Lipinski definition) is 8. The third-order valence-corrected chi connectivity index (χ3v) is 6.42. The standard InChI is InChI=1S/C20H21N5O4S2/c1-3-25-16-10-9-13(31(21,26)27)11-15(16)22-20(25)30-12-18-23-19(24-29-18)14-7-5-6-8-17(14)28-4-2/h5-11H,3-4,12H2,1-2H3,(H2,21,26,27). The normalized spacial score (nSPS) is 11.8. The van der Waals surface area contributed by atoms with Crippen molar-refractivity contribution in [3.8, 4) is 17.1 Å². The Bertz CT molecular complexity index is 1330. The van der Waals surface area contributed by atoms with Crippen LogP contribution in [0, 0.1) is 0 Å². The predicted molar refractivity (Wildman–Crippen MR) is 117 cm³/mol. The predicted octanol–water partition coefficient (Wildman–Crippen LogP) is 3.44. The Kier molecular flexibility index (Phi) is 5.99. The van der Waals surface area contributed by atoms with Crippen LogP contribution in [0.3, 0.4) is 0 Å². The number of aromatic nitrogens is 4. The van der Waals surface area contributed by atoms with Crippen LogP contribution in [0.15, 0.2) is 57.0 Å². The van der Waals surface area contributed by atoms with E-state index in [4.69, 9.17) is 14.4 Å². The van der Waals surface area contributed by atoms with Crippen molar-refractivity contribution >= 4 is 32.8 Å². The summed E-state index contributed by atoms with van der Waals surface area (Å²) in [7, 11) is -3.79. The van der Waals surface area contributed by atoms with Gasteiger partial charge in [-0.25, -0.2) is 18.5 Å². The fraction of sp³-hybridized carbons (Fsp3) is 0.250. The van der Waals surface area contributed by atoms with Gasteiger partial charge in [0.25, 0.3) is 0 Å².